The van der Waals surface area contributed by atoms with Gasteiger partial charge in [0.15, 0.2) is 5.16 Å². The van der Waals surface area contributed by atoms with E-state index in [2.05, 4.69) is 27.3 Å². The minimum absolute atomic E-state index is 0.0476. The Hall–Kier alpha value is -1.77. The van der Waals surface area contributed by atoms with E-state index in [9.17, 15) is 4.79 Å². The van der Waals surface area contributed by atoms with E-state index in [0.29, 0.717) is 30.5 Å². The highest BCUT2D eigenvalue weighted by atomic mass is 35.5. The minimum Gasteiger partial charge on any atom is -0.378 e. The van der Waals surface area contributed by atoms with Crippen LogP contribution in [0.2, 0.25) is 5.02 Å². The molecule has 0 unspecified atom stereocenters. The Morgan fingerprint density at radius 3 is 2.88 bits per heavy atom. The van der Waals surface area contributed by atoms with Crippen LogP contribution in [0.15, 0.2) is 29.4 Å². The van der Waals surface area contributed by atoms with Gasteiger partial charge in [0.25, 0.3) is 0 Å². The van der Waals surface area contributed by atoms with Crippen LogP contribution in [0.25, 0.3) is 0 Å². The SMILES string of the molecule is CCn1c(SCC(=O)NCc2cccc(Cl)c2)nnc1N1CCOCC1. The number of carbonyl (C=O) groups excluding carboxylic acids is 1. The van der Waals surface area contributed by atoms with Crippen molar-refractivity contribution in [3.05, 3.63) is 34.9 Å². The van der Waals surface area contributed by atoms with E-state index >= 15 is 0 Å². The van der Waals surface area contributed by atoms with Crippen molar-refractivity contribution < 1.29 is 9.53 Å². The van der Waals surface area contributed by atoms with E-state index in [1.54, 1.807) is 0 Å². The smallest absolute Gasteiger partial charge is 0.230 e. The van der Waals surface area contributed by atoms with Gasteiger partial charge in [-0.2, -0.15) is 0 Å². The molecule has 0 bridgehead atoms. The first-order valence-corrected chi connectivity index (χ1v) is 9.93. The van der Waals surface area contributed by atoms with Crippen molar-refractivity contribution in [2.24, 2.45) is 0 Å². The second-order valence-electron chi connectivity index (χ2n) is 5.82. The van der Waals surface area contributed by atoms with Crippen molar-refractivity contribution in [2.75, 3.05) is 37.0 Å². The van der Waals surface area contributed by atoms with Crippen LogP contribution in [0.1, 0.15) is 12.5 Å². The first-order valence-electron chi connectivity index (χ1n) is 8.57. The van der Waals surface area contributed by atoms with Crippen LogP contribution in [0, 0.1) is 0 Å². The summed E-state index contributed by atoms with van der Waals surface area (Å²) < 4.78 is 7.43. The highest BCUT2D eigenvalue weighted by Crippen LogP contribution is 2.22. The second-order valence-corrected chi connectivity index (χ2v) is 7.20. The van der Waals surface area contributed by atoms with Gasteiger partial charge in [-0.1, -0.05) is 35.5 Å². The van der Waals surface area contributed by atoms with Gasteiger partial charge >= 0.3 is 0 Å². The number of ether oxygens (including phenoxy) is 1. The van der Waals surface area contributed by atoms with Gasteiger partial charge in [-0.05, 0) is 24.6 Å². The molecule has 1 aromatic carbocycles. The highest BCUT2D eigenvalue weighted by molar-refractivity contribution is 7.99. The molecule has 1 fully saturated rings. The largest absolute Gasteiger partial charge is 0.378 e. The van der Waals surface area contributed by atoms with E-state index in [1.165, 1.54) is 11.8 Å². The summed E-state index contributed by atoms with van der Waals surface area (Å²) in [4.78, 5) is 14.3. The molecule has 0 radical (unpaired) electrons. The number of carbonyl (C=O) groups is 1. The van der Waals surface area contributed by atoms with Gasteiger partial charge in [-0.15, -0.1) is 10.2 Å². The fourth-order valence-electron chi connectivity index (χ4n) is 2.69. The van der Waals surface area contributed by atoms with Crippen LogP contribution in [-0.2, 0) is 22.6 Å². The maximum Gasteiger partial charge on any atom is 0.230 e. The van der Waals surface area contributed by atoms with Gasteiger partial charge in [-0.3, -0.25) is 9.36 Å². The van der Waals surface area contributed by atoms with Crippen molar-refractivity contribution >= 4 is 35.2 Å². The molecule has 0 spiro atoms. The van der Waals surface area contributed by atoms with Crippen molar-refractivity contribution in [1.29, 1.82) is 0 Å². The van der Waals surface area contributed by atoms with Crippen LogP contribution < -0.4 is 10.2 Å². The molecule has 140 valence electrons. The predicted octanol–water partition coefficient (Wildman–Crippen LogP) is 2.20. The summed E-state index contributed by atoms with van der Waals surface area (Å²) in [6.07, 6.45) is 0. The highest BCUT2D eigenvalue weighted by Gasteiger charge is 2.20. The fourth-order valence-corrected chi connectivity index (χ4v) is 3.73. The van der Waals surface area contributed by atoms with Crippen molar-refractivity contribution in [1.82, 2.24) is 20.1 Å². The summed E-state index contributed by atoms with van der Waals surface area (Å²) in [5, 5.41) is 12.9. The molecule has 26 heavy (non-hydrogen) atoms. The average molecular weight is 396 g/mol. The lowest BCUT2D eigenvalue weighted by atomic mass is 10.2. The third kappa shape index (κ3) is 4.90. The molecule has 0 atom stereocenters. The number of anilines is 1. The topological polar surface area (TPSA) is 72.3 Å². The van der Waals surface area contributed by atoms with E-state index in [1.807, 2.05) is 28.8 Å². The molecule has 1 saturated heterocycles. The van der Waals surface area contributed by atoms with E-state index in [0.717, 1.165) is 36.3 Å². The molecular weight excluding hydrogens is 374 g/mol. The number of thioether (sulfide) groups is 1. The molecule has 1 amide bonds. The molecule has 0 saturated carbocycles. The third-order valence-corrected chi connectivity index (χ3v) is 5.22. The maximum absolute atomic E-state index is 12.1. The molecule has 9 heteroatoms. The molecule has 2 heterocycles. The number of rotatable bonds is 7. The first-order chi connectivity index (χ1) is 12.7. The van der Waals surface area contributed by atoms with Gasteiger partial charge in [0.2, 0.25) is 11.9 Å². The number of halogens is 1. The molecule has 1 aliphatic rings. The average Bonchev–Trinajstić information content (AvgIpc) is 3.08. The third-order valence-electron chi connectivity index (χ3n) is 4.02. The van der Waals surface area contributed by atoms with Crippen LogP contribution in [0.3, 0.4) is 0 Å². The number of nitrogens with one attached hydrogen (secondary N) is 1. The summed E-state index contributed by atoms with van der Waals surface area (Å²) in [7, 11) is 0. The molecular formula is C17H22ClN5O2S. The second kappa shape index (κ2) is 9.25. The number of morpholine rings is 1. The molecule has 1 aromatic heterocycles. The maximum atomic E-state index is 12.1. The Morgan fingerprint density at radius 2 is 2.15 bits per heavy atom. The summed E-state index contributed by atoms with van der Waals surface area (Å²) in [5.74, 6) is 1.09. The Bertz CT molecular complexity index is 749. The number of hydrogen-bond donors (Lipinski definition) is 1. The lowest BCUT2D eigenvalue weighted by Crippen LogP contribution is -2.38. The minimum atomic E-state index is -0.0476. The molecule has 0 aliphatic carbocycles. The number of hydrogen-bond acceptors (Lipinski definition) is 6. The van der Waals surface area contributed by atoms with E-state index < -0.39 is 0 Å². The summed E-state index contributed by atoms with van der Waals surface area (Å²) in [5.41, 5.74) is 0.974. The Balaban J connectivity index is 1.53. The molecule has 1 aliphatic heterocycles. The summed E-state index contributed by atoms with van der Waals surface area (Å²) >= 11 is 7.35. The van der Waals surface area contributed by atoms with E-state index in [-0.39, 0.29) is 5.91 Å². The van der Waals surface area contributed by atoms with Crippen LogP contribution in [-0.4, -0.2) is 52.7 Å². The van der Waals surface area contributed by atoms with Gasteiger partial charge in [0.1, 0.15) is 0 Å². The summed E-state index contributed by atoms with van der Waals surface area (Å²) in [6.45, 7) is 6.28. The zero-order valence-electron chi connectivity index (χ0n) is 14.7. The van der Waals surface area contributed by atoms with Gasteiger partial charge in [0, 0.05) is 31.2 Å². The quantitative estimate of drug-likeness (QED) is 0.724. The van der Waals surface area contributed by atoms with Crippen molar-refractivity contribution in [3.8, 4) is 0 Å². The van der Waals surface area contributed by atoms with Crippen LogP contribution in [0.5, 0.6) is 0 Å². The predicted molar refractivity (Wildman–Crippen MR) is 103 cm³/mol. The Morgan fingerprint density at radius 1 is 1.35 bits per heavy atom. The van der Waals surface area contributed by atoms with Gasteiger partial charge in [-0.25, -0.2) is 0 Å². The molecule has 7 nitrogen and oxygen atoms in total. The zero-order valence-corrected chi connectivity index (χ0v) is 16.2. The number of benzene rings is 1. The lowest BCUT2D eigenvalue weighted by Gasteiger charge is -2.27. The molecule has 2 aromatic rings. The molecule has 1 N–H and O–H groups in total. The first kappa shape index (κ1) is 19.0. The Kier molecular flexibility index (Phi) is 6.76. The normalized spacial score (nSPS) is 14.5. The summed E-state index contributed by atoms with van der Waals surface area (Å²) in [6, 6.07) is 7.46. The van der Waals surface area contributed by atoms with Crippen LogP contribution >= 0.6 is 23.4 Å². The molecule has 3 rings (SSSR count). The fraction of sp³-hybridized carbons (Fsp3) is 0.471. The lowest BCUT2D eigenvalue weighted by molar-refractivity contribution is -0.118. The number of nitrogens with zero attached hydrogens (tertiary/aromatic N) is 4. The Labute approximate surface area is 162 Å². The number of amides is 1. The standard InChI is InChI=1S/C17H22ClN5O2S/c1-2-23-16(22-6-8-25-9-7-22)20-21-17(23)26-12-15(24)19-11-13-4-3-5-14(18)10-13/h3-5,10H,2,6-9,11-12H2,1H3,(H,19,24). The van der Waals surface area contributed by atoms with Gasteiger partial charge in [0.05, 0.1) is 19.0 Å². The number of aromatic nitrogens is 3. The van der Waals surface area contributed by atoms with Crippen LogP contribution in [0.4, 0.5) is 5.95 Å². The van der Waals surface area contributed by atoms with Crippen molar-refractivity contribution in [3.63, 3.8) is 0 Å². The monoisotopic (exact) mass is 395 g/mol. The van der Waals surface area contributed by atoms with Gasteiger partial charge < -0.3 is 15.0 Å². The zero-order chi connectivity index (χ0) is 18.4. The van der Waals surface area contributed by atoms with E-state index in [4.69, 9.17) is 16.3 Å². The van der Waals surface area contributed by atoms with Crippen molar-refractivity contribution in [2.45, 2.75) is 25.2 Å².